The second-order valence-corrected chi connectivity index (χ2v) is 10.3. The van der Waals surface area contributed by atoms with Crippen LogP contribution in [0.4, 0.5) is 4.79 Å². The minimum atomic E-state index is -1.31. The molecular weight excluding hydrogens is 520 g/mol. The highest BCUT2D eigenvalue weighted by atomic mass is 35.5. The summed E-state index contributed by atoms with van der Waals surface area (Å²) in [5, 5.41) is 29.6. The maximum absolute atomic E-state index is 13.1. The summed E-state index contributed by atoms with van der Waals surface area (Å²) >= 11 is 6.81. The van der Waals surface area contributed by atoms with E-state index in [4.69, 9.17) is 16.3 Å². The quantitative estimate of drug-likeness (QED) is 0.324. The van der Waals surface area contributed by atoms with E-state index < -0.39 is 11.7 Å². The largest absolute Gasteiger partial charge is 0.453 e. The second kappa shape index (κ2) is 13.0. The van der Waals surface area contributed by atoms with Crippen LogP contribution in [0, 0.1) is 5.92 Å². The number of aliphatic hydroxyl groups is 1. The van der Waals surface area contributed by atoms with Gasteiger partial charge in [-0.1, -0.05) is 60.1 Å². The van der Waals surface area contributed by atoms with Crippen molar-refractivity contribution in [1.29, 1.82) is 0 Å². The molecule has 0 bridgehead atoms. The van der Waals surface area contributed by atoms with Crippen molar-refractivity contribution in [2.45, 2.75) is 51.0 Å². The number of carbonyl (C=O) groups is 2. The predicted molar refractivity (Wildman–Crippen MR) is 147 cm³/mol. The monoisotopic (exact) mass is 554 g/mol. The number of nitrogens with one attached hydrogen (secondary N) is 2. The Labute approximate surface area is 233 Å². The summed E-state index contributed by atoms with van der Waals surface area (Å²) < 4.78 is 4.69. The highest BCUT2D eigenvalue weighted by Gasteiger charge is 2.43. The zero-order chi connectivity index (χ0) is 27.8. The number of tetrazole rings is 1. The zero-order valence-corrected chi connectivity index (χ0v) is 23.1. The number of carbonyl (C=O) groups excluding carboxylic acids is 2. The van der Waals surface area contributed by atoms with Crippen molar-refractivity contribution in [3.05, 3.63) is 64.4 Å². The number of rotatable bonds is 10. The Morgan fingerprint density at radius 3 is 2.85 bits per heavy atom. The van der Waals surface area contributed by atoms with Crippen molar-refractivity contribution in [1.82, 2.24) is 30.8 Å². The van der Waals surface area contributed by atoms with Gasteiger partial charge in [0.2, 0.25) is 5.91 Å². The van der Waals surface area contributed by atoms with Crippen LogP contribution in [0.1, 0.15) is 49.6 Å². The molecule has 1 saturated heterocycles. The fourth-order valence-electron chi connectivity index (χ4n) is 5.40. The summed E-state index contributed by atoms with van der Waals surface area (Å²) in [6.07, 6.45) is 2.72. The second-order valence-electron chi connectivity index (χ2n) is 9.85. The van der Waals surface area contributed by atoms with Crippen LogP contribution in [0.15, 0.2) is 42.5 Å². The fraction of sp³-hybridized carbons (Fsp3) is 0.464. The van der Waals surface area contributed by atoms with Gasteiger partial charge < -0.3 is 20.1 Å². The van der Waals surface area contributed by atoms with Gasteiger partial charge in [-0.15, -0.1) is 10.2 Å². The smallest absolute Gasteiger partial charge is 0.406 e. The third-order valence-electron chi connectivity index (χ3n) is 7.44. The standard InChI is InChI=1S/C28H35ClN6O4/c1-3-19-8-4-9-20(16-19)26-22(11-5-12-23(26)29)28(38,13-7-14-30-27(37)39-2)21-10-6-15-35(18-21)25(36)17-24-31-33-34-32-24/h4-5,8-9,11-12,16,21,38H,3,6-7,10,13-15,17-18H2,1-2H3,(H,30,37)(H,31,32,33,34)/t21-,28+/m1/s1. The lowest BCUT2D eigenvalue weighted by Gasteiger charge is -2.43. The van der Waals surface area contributed by atoms with Crippen LogP contribution >= 0.6 is 11.6 Å². The highest BCUT2D eigenvalue weighted by Crippen LogP contribution is 2.45. The molecule has 1 aromatic heterocycles. The van der Waals surface area contributed by atoms with Crippen molar-refractivity contribution < 1.29 is 19.4 Å². The summed E-state index contributed by atoms with van der Waals surface area (Å²) in [6, 6.07) is 13.8. The number of aromatic nitrogens is 4. The molecule has 11 heteroatoms. The average molecular weight is 555 g/mol. The Balaban J connectivity index is 1.68. The topological polar surface area (TPSA) is 133 Å². The number of amides is 2. The van der Waals surface area contributed by atoms with E-state index in [1.165, 1.54) is 12.7 Å². The van der Waals surface area contributed by atoms with Gasteiger partial charge in [0.25, 0.3) is 0 Å². The van der Waals surface area contributed by atoms with E-state index in [1.807, 2.05) is 30.3 Å². The molecule has 10 nitrogen and oxygen atoms in total. The van der Waals surface area contributed by atoms with Gasteiger partial charge in [0.05, 0.1) is 19.1 Å². The number of hydrogen-bond donors (Lipinski definition) is 3. The molecule has 4 rings (SSSR count). The van der Waals surface area contributed by atoms with Crippen molar-refractivity contribution in [3.8, 4) is 11.1 Å². The van der Waals surface area contributed by atoms with E-state index in [2.05, 4.69) is 45.0 Å². The average Bonchev–Trinajstić information content (AvgIpc) is 3.48. The number of aromatic amines is 1. The molecule has 2 amide bonds. The van der Waals surface area contributed by atoms with Gasteiger partial charge in [-0.3, -0.25) is 4.79 Å². The lowest BCUT2D eigenvalue weighted by atomic mass is 9.72. The van der Waals surface area contributed by atoms with Gasteiger partial charge in [0.15, 0.2) is 5.82 Å². The number of piperidine rings is 1. The molecule has 3 N–H and O–H groups in total. The van der Waals surface area contributed by atoms with Gasteiger partial charge in [-0.2, -0.15) is 5.21 Å². The van der Waals surface area contributed by atoms with Gasteiger partial charge in [-0.05, 0) is 54.9 Å². The Morgan fingerprint density at radius 2 is 2.10 bits per heavy atom. The lowest BCUT2D eigenvalue weighted by molar-refractivity contribution is -0.136. The number of ether oxygens (including phenoxy) is 1. The molecule has 1 aliphatic rings. The van der Waals surface area contributed by atoms with Crippen LogP contribution in [0.3, 0.4) is 0 Å². The van der Waals surface area contributed by atoms with Gasteiger partial charge in [-0.25, -0.2) is 4.79 Å². The summed E-state index contributed by atoms with van der Waals surface area (Å²) in [5.74, 6) is -0.0397. The third kappa shape index (κ3) is 6.75. The Kier molecular flexibility index (Phi) is 9.53. The Hall–Kier alpha value is -3.50. The minimum absolute atomic E-state index is 0.0386. The van der Waals surface area contributed by atoms with Gasteiger partial charge in [0, 0.05) is 36.1 Å². The molecule has 0 spiro atoms. The number of halogens is 1. The maximum atomic E-state index is 13.1. The first-order chi connectivity index (χ1) is 18.9. The van der Waals surface area contributed by atoms with Crippen LogP contribution in [-0.2, 0) is 28.0 Å². The molecular formula is C28H35ClN6O4. The van der Waals surface area contributed by atoms with E-state index >= 15 is 0 Å². The molecule has 1 aliphatic heterocycles. The molecule has 1 fully saturated rings. The predicted octanol–water partition coefficient (Wildman–Crippen LogP) is 3.89. The van der Waals surface area contributed by atoms with Crippen LogP contribution in [0.25, 0.3) is 11.1 Å². The van der Waals surface area contributed by atoms with Crippen molar-refractivity contribution in [2.75, 3.05) is 26.7 Å². The molecule has 2 heterocycles. The van der Waals surface area contributed by atoms with E-state index in [0.717, 1.165) is 36.0 Å². The number of aryl methyl sites for hydroxylation is 1. The molecule has 0 unspecified atom stereocenters. The van der Waals surface area contributed by atoms with Crippen molar-refractivity contribution in [3.63, 3.8) is 0 Å². The van der Waals surface area contributed by atoms with E-state index in [9.17, 15) is 14.7 Å². The van der Waals surface area contributed by atoms with E-state index in [0.29, 0.717) is 43.3 Å². The summed E-state index contributed by atoms with van der Waals surface area (Å²) in [5.41, 5.74) is 2.29. The zero-order valence-electron chi connectivity index (χ0n) is 22.3. The van der Waals surface area contributed by atoms with Crippen molar-refractivity contribution >= 4 is 23.6 Å². The molecule has 3 aromatic rings. The summed E-state index contributed by atoms with van der Waals surface area (Å²) in [6.45, 7) is 3.40. The molecule has 2 aromatic carbocycles. The number of alkyl carbamates (subject to hydrolysis) is 1. The maximum Gasteiger partial charge on any atom is 0.406 e. The minimum Gasteiger partial charge on any atom is -0.453 e. The highest BCUT2D eigenvalue weighted by molar-refractivity contribution is 6.33. The Bertz CT molecular complexity index is 1270. The van der Waals surface area contributed by atoms with Crippen LogP contribution in [0.5, 0.6) is 0 Å². The van der Waals surface area contributed by atoms with Gasteiger partial charge in [0.1, 0.15) is 0 Å². The van der Waals surface area contributed by atoms with Crippen LogP contribution in [-0.4, -0.2) is 69.4 Å². The first kappa shape index (κ1) is 28.5. The molecule has 0 radical (unpaired) electrons. The normalized spacial score (nSPS) is 16.9. The number of methoxy groups -OCH3 is 1. The first-order valence-corrected chi connectivity index (χ1v) is 13.7. The number of benzene rings is 2. The molecule has 0 saturated carbocycles. The Morgan fingerprint density at radius 1 is 1.28 bits per heavy atom. The number of hydrogen-bond acceptors (Lipinski definition) is 7. The SMILES string of the molecule is CCc1cccc(-c2c(Cl)cccc2[C@](O)(CCCNC(=O)OC)[C@@H]2CCCN(C(=O)Cc3nn[nH]n3)C2)c1. The number of nitrogens with zero attached hydrogens (tertiary/aromatic N) is 4. The summed E-state index contributed by atoms with van der Waals surface area (Å²) in [4.78, 5) is 26.5. The molecule has 208 valence electrons. The molecule has 0 aliphatic carbocycles. The number of likely N-dealkylation sites (tertiary alicyclic amines) is 1. The molecule has 39 heavy (non-hydrogen) atoms. The van der Waals surface area contributed by atoms with Crippen LogP contribution < -0.4 is 5.32 Å². The fourth-order valence-corrected chi connectivity index (χ4v) is 5.69. The van der Waals surface area contributed by atoms with Crippen LogP contribution in [0.2, 0.25) is 5.02 Å². The van der Waals surface area contributed by atoms with E-state index in [1.54, 1.807) is 4.90 Å². The van der Waals surface area contributed by atoms with Crippen molar-refractivity contribution in [2.24, 2.45) is 5.92 Å². The third-order valence-corrected chi connectivity index (χ3v) is 7.76. The van der Waals surface area contributed by atoms with Gasteiger partial charge >= 0.3 is 6.09 Å². The number of H-pyrrole nitrogens is 1. The first-order valence-electron chi connectivity index (χ1n) is 13.3. The lowest BCUT2D eigenvalue weighted by Crippen LogP contribution is -2.49. The summed E-state index contributed by atoms with van der Waals surface area (Å²) in [7, 11) is 1.32. The molecule has 2 atom stereocenters. The van der Waals surface area contributed by atoms with E-state index in [-0.39, 0.29) is 18.2 Å².